The summed E-state index contributed by atoms with van der Waals surface area (Å²) in [6, 6.07) is -0.909. The van der Waals surface area contributed by atoms with Crippen molar-refractivity contribution >= 4 is 17.9 Å². The normalized spacial score (nSPS) is 19.2. The number of carbonyl (C=O) groups excluding carboxylic acids is 3. The summed E-state index contributed by atoms with van der Waals surface area (Å²) < 4.78 is 5.02. The number of hydrogen-bond acceptors (Lipinski definition) is 6. The monoisotopic (exact) mass is 286 g/mol. The predicted molar refractivity (Wildman–Crippen MR) is 72.1 cm³/mol. The fourth-order valence-electron chi connectivity index (χ4n) is 1.98. The van der Waals surface area contributed by atoms with E-state index in [9.17, 15) is 14.4 Å². The molecular formula is C12H22N4O4. The molecule has 1 fully saturated rings. The van der Waals surface area contributed by atoms with E-state index in [1.807, 2.05) is 4.90 Å². The minimum atomic E-state index is -0.530. The second-order valence-corrected chi connectivity index (χ2v) is 4.39. The lowest BCUT2D eigenvalue weighted by Gasteiger charge is -2.34. The van der Waals surface area contributed by atoms with Gasteiger partial charge >= 0.3 is 12.0 Å². The average molecular weight is 286 g/mol. The molecule has 0 saturated carbocycles. The molecule has 3 N–H and O–H groups in total. The van der Waals surface area contributed by atoms with Crippen LogP contribution in [0.2, 0.25) is 0 Å². The van der Waals surface area contributed by atoms with Gasteiger partial charge in [0.2, 0.25) is 5.91 Å². The van der Waals surface area contributed by atoms with Crippen molar-refractivity contribution < 1.29 is 19.1 Å². The van der Waals surface area contributed by atoms with Gasteiger partial charge in [-0.3, -0.25) is 19.8 Å². The molecule has 0 aromatic carbocycles. The summed E-state index contributed by atoms with van der Waals surface area (Å²) in [5.74, 6) is -0.656. The van der Waals surface area contributed by atoms with Crippen LogP contribution in [0.5, 0.6) is 0 Å². The van der Waals surface area contributed by atoms with Gasteiger partial charge in [0.1, 0.15) is 6.04 Å². The highest BCUT2D eigenvalue weighted by Gasteiger charge is 2.29. The molecular weight excluding hydrogens is 264 g/mol. The molecule has 1 heterocycles. The molecule has 20 heavy (non-hydrogen) atoms. The number of ether oxygens (including phenoxy) is 1. The standard InChI is InChI=1S/C12H22N4O4/c1-3-20-11(18)9-8-14-5-7-16(9)6-4-10(17)15-12(19)13-2/h9,14H,3-8H2,1-2H3,(H2,13,15,17,19). The van der Waals surface area contributed by atoms with Crippen LogP contribution in [0.3, 0.4) is 0 Å². The van der Waals surface area contributed by atoms with Crippen LogP contribution < -0.4 is 16.0 Å². The van der Waals surface area contributed by atoms with Gasteiger partial charge in [0.05, 0.1) is 6.61 Å². The molecule has 8 nitrogen and oxygen atoms in total. The van der Waals surface area contributed by atoms with E-state index >= 15 is 0 Å². The van der Waals surface area contributed by atoms with Crippen LogP contribution in [0.4, 0.5) is 4.79 Å². The predicted octanol–water partition coefficient (Wildman–Crippen LogP) is -1.33. The lowest BCUT2D eigenvalue weighted by molar-refractivity contribution is -0.150. The quantitative estimate of drug-likeness (QED) is 0.542. The van der Waals surface area contributed by atoms with Crippen LogP contribution in [0.15, 0.2) is 0 Å². The Morgan fingerprint density at radius 2 is 2.15 bits per heavy atom. The number of carbonyl (C=O) groups is 3. The van der Waals surface area contributed by atoms with E-state index in [0.29, 0.717) is 26.2 Å². The lowest BCUT2D eigenvalue weighted by Crippen LogP contribution is -2.56. The van der Waals surface area contributed by atoms with E-state index in [0.717, 1.165) is 6.54 Å². The third-order valence-corrected chi connectivity index (χ3v) is 3.02. The van der Waals surface area contributed by atoms with Crippen LogP contribution >= 0.6 is 0 Å². The average Bonchev–Trinajstić information content (AvgIpc) is 2.45. The highest BCUT2D eigenvalue weighted by Crippen LogP contribution is 2.06. The number of imide groups is 1. The Hall–Kier alpha value is -1.67. The minimum Gasteiger partial charge on any atom is -0.465 e. The zero-order chi connectivity index (χ0) is 15.0. The van der Waals surface area contributed by atoms with Crippen molar-refractivity contribution in [3.05, 3.63) is 0 Å². The van der Waals surface area contributed by atoms with Crippen molar-refractivity contribution in [2.45, 2.75) is 19.4 Å². The van der Waals surface area contributed by atoms with Crippen molar-refractivity contribution in [1.82, 2.24) is 20.9 Å². The maximum Gasteiger partial charge on any atom is 0.324 e. The first-order chi connectivity index (χ1) is 9.58. The maximum absolute atomic E-state index is 11.8. The van der Waals surface area contributed by atoms with Gasteiger partial charge in [0, 0.05) is 39.6 Å². The number of hydrogen-bond donors (Lipinski definition) is 3. The molecule has 1 saturated heterocycles. The SMILES string of the molecule is CCOC(=O)C1CNCCN1CCC(=O)NC(=O)NC. The van der Waals surface area contributed by atoms with Crippen molar-refractivity contribution in [3.63, 3.8) is 0 Å². The molecule has 1 aliphatic heterocycles. The summed E-state index contributed by atoms with van der Waals surface area (Å²) in [6.45, 7) is 4.43. The Morgan fingerprint density at radius 3 is 2.80 bits per heavy atom. The van der Waals surface area contributed by atoms with Crippen molar-refractivity contribution in [2.75, 3.05) is 39.8 Å². The highest BCUT2D eigenvalue weighted by molar-refractivity contribution is 5.94. The zero-order valence-electron chi connectivity index (χ0n) is 11.9. The van der Waals surface area contributed by atoms with Crippen LogP contribution in [0.1, 0.15) is 13.3 Å². The molecule has 0 spiro atoms. The molecule has 1 atom stereocenters. The summed E-state index contributed by atoms with van der Waals surface area (Å²) in [5.41, 5.74) is 0. The second kappa shape index (κ2) is 8.49. The molecule has 1 aliphatic rings. The van der Waals surface area contributed by atoms with E-state index in [1.165, 1.54) is 7.05 Å². The molecule has 8 heteroatoms. The number of nitrogens with zero attached hydrogens (tertiary/aromatic N) is 1. The van der Waals surface area contributed by atoms with Gasteiger partial charge in [0.15, 0.2) is 0 Å². The smallest absolute Gasteiger partial charge is 0.324 e. The van der Waals surface area contributed by atoms with Gasteiger partial charge in [-0.2, -0.15) is 0 Å². The summed E-state index contributed by atoms with van der Waals surface area (Å²) >= 11 is 0. The number of amides is 3. The number of esters is 1. The molecule has 0 aromatic rings. The van der Waals surface area contributed by atoms with Crippen molar-refractivity contribution in [1.29, 1.82) is 0 Å². The maximum atomic E-state index is 11.8. The first kappa shape index (κ1) is 16.4. The fraction of sp³-hybridized carbons (Fsp3) is 0.750. The van der Waals surface area contributed by atoms with Crippen molar-refractivity contribution in [2.24, 2.45) is 0 Å². The largest absolute Gasteiger partial charge is 0.465 e. The highest BCUT2D eigenvalue weighted by atomic mass is 16.5. The first-order valence-corrected chi connectivity index (χ1v) is 6.71. The van der Waals surface area contributed by atoms with Gasteiger partial charge < -0.3 is 15.4 Å². The minimum absolute atomic E-state index is 0.156. The molecule has 0 aromatic heterocycles. The second-order valence-electron chi connectivity index (χ2n) is 4.39. The zero-order valence-corrected chi connectivity index (χ0v) is 11.9. The van der Waals surface area contributed by atoms with Crippen molar-refractivity contribution in [3.8, 4) is 0 Å². The number of rotatable bonds is 5. The van der Waals surface area contributed by atoms with Crippen LogP contribution in [0, 0.1) is 0 Å². The Labute approximate surface area is 118 Å². The van der Waals surface area contributed by atoms with Gasteiger partial charge in [-0.1, -0.05) is 0 Å². The number of nitrogens with one attached hydrogen (secondary N) is 3. The molecule has 0 radical (unpaired) electrons. The van der Waals surface area contributed by atoms with Crippen LogP contribution in [-0.2, 0) is 14.3 Å². The first-order valence-electron chi connectivity index (χ1n) is 6.71. The van der Waals surface area contributed by atoms with E-state index in [-0.39, 0.29) is 24.3 Å². The van der Waals surface area contributed by atoms with Gasteiger partial charge in [-0.25, -0.2) is 4.79 Å². The van der Waals surface area contributed by atoms with Gasteiger partial charge in [0.25, 0.3) is 0 Å². The summed E-state index contributed by atoms with van der Waals surface area (Å²) in [4.78, 5) is 36.2. The van der Waals surface area contributed by atoms with E-state index in [1.54, 1.807) is 6.92 Å². The Bertz CT molecular complexity index is 361. The van der Waals surface area contributed by atoms with E-state index in [4.69, 9.17) is 4.74 Å². The summed E-state index contributed by atoms with van der Waals surface area (Å²) in [6.07, 6.45) is 0.156. The molecule has 1 unspecified atom stereocenters. The Morgan fingerprint density at radius 1 is 1.40 bits per heavy atom. The lowest BCUT2D eigenvalue weighted by atomic mass is 10.2. The number of urea groups is 1. The summed E-state index contributed by atoms with van der Waals surface area (Å²) in [5, 5.41) is 7.63. The van der Waals surface area contributed by atoms with Gasteiger partial charge in [-0.05, 0) is 6.92 Å². The fourth-order valence-corrected chi connectivity index (χ4v) is 1.98. The molecule has 0 bridgehead atoms. The van der Waals surface area contributed by atoms with Crippen LogP contribution in [-0.4, -0.2) is 68.7 Å². The topological polar surface area (TPSA) is 99.8 Å². The number of piperazine rings is 1. The molecule has 0 aliphatic carbocycles. The Balaban J connectivity index is 2.44. The molecule has 3 amide bonds. The summed E-state index contributed by atoms with van der Waals surface area (Å²) in [7, 11) is 1.44. The van der Waals surface area contributed by atoms with E-state index in [2.05, 4.69) is 16.0 Å². The third kappa shape index (κ3) is 5.14. The Kier molecular flexibility index (Phi) is 6.96. The van der Waals surface area contributed by atoms with E-state index < -0.39 is 6.03 Å². The van der Waals surface area contributed by atoms with Crippen LogP contribution in [0.25, 0.3) is 0 Å². The van der Waals surface area contributed by atoms with Gasteiger partial charge in [-0.15, -0.1) is 0 Å². The third-order valence-electron chi connectivity index (χ3n) is 3.02. The molecule has 1 rings (SSSR count). The molecule has 114 valence electrons.